The molecule has 0 aliphatic carbocycles. The summed E-state index contributed by atoms with van der Waals surface area (Å²) >= 11 is 0. The van der Waals surface area contributed by atoms with Gasteiger partial charge in [-0.1, -0.05) is 35.5 Å². The van der Waals surface area contributed by atoms with E-state index in [-0.39, 0.29) is 30.5 Å². The minimum absolute atomic E-state index is 0.0157. The number of aryl methyl sites for hydroxylation is 1. The molecule has 4 N–H and O–H groups in total. The Morgan fingerprint density at radius 1 is 1.17 bits per heavy atom. The number of amides is 2. The quantitative estimate of drug-likeness (QED) is 0.561. The van der Waals surface area contributed by atoms with Gasteiger partial charge in [-0.3, -0.25) is 9.59 Å². The highest BCUT2D eigenvalue weighted by molar-refractivity contribution is 5.97. The summed E-state index contributed by atoms with van der Waals surface area (Å²) in [4.78, 5) is 24.7. The maximum atomic E-state index is 12.4. The highest BCUT2D eigenvalue weighted by atomic mass is 16.5. The predicted octanol–water partition coefficient (Wildman–Crippen LogP) is 1.75. The fourth-order valence-electron chi connectivity index (χ4n) is 2.77. The van der Waals surface area contributed by atoms with Crippen molar-refractivity contribution >= 4 is 23.3 Å². The number of nitrogens with zero attached hydrogens (tertiary/aromatic N) is 3. The monoisotopic (exact) mass is 394 g/mol. The number of benzene rings is 2. The number of hydrogen-bond donors (Lipinski definition) is 3. The van der Waals surface area contributed by atoms with Crippen LogP contribution >= 0.6 is 0 Å². The number of carbonyl (C=O) groups excluding carboxylic acids is 2. The van der Waals surface area contributed by atoms with Crippen molar-refractivity contribution in [3.05, 3.63) is 65.4 Å². The summed E-state index contributed by atoms with van der Waals surface area (Å²) in [5.74, 6) is -0.133. The minimum Gasteiger partial charge on any atom is -0.496 e. The number of aromatic nitrogens is 3. The summed E-state index contributed by atoms with van der Waals surface area (Å²) in [6.45, 7) is 2.01. The summed E-state index contributed by atoms with van der Waals surface area (Å²) in [7, 11) is 1.56. The molecule has 0 saturated heterocycles. The first kappa shape index (κ1) is 19.9. The lowest BCUT2D eigenvalue weighted by Gasteiger charge is -2.09. The van der Waals surface area contributed by atoms with Crippen LogP contribution in [0.3, 0.4) is 0 Å². The second-order valence-corrected chi connectivity index (χ2v) is 6.39. The molecule has 0 bridgehead atoms. The molecule has 0 aliphatic heterocycles. The molecule has 2 amide bonds. The molecule has 9 nitrogen and oxygen atoms in total. The largest absolute Gasteiger partial charge is 0.496 e. The van der Waals surface area contributed by atoms with Crippen molar-refractivity contribution in [1.29, 1.82) is 0 Å². The van der Waals surface area contributed by atoms with E-state index >= 15 is 0 Å². The van der Waals surface area contributed by atoms with Crippen LogP contribution in [0, 0.1) is 6.92 Å². The number of carbonyl (C=O) groups is 2. The summed E-state index contributed by atoms with van der Waals surface area (Å²) in [6.07, 6.45) is 0. The Morgan fingerprint density at radius 3 is 2.72 bits per heavy atom. The summed E-state index contributed by atoms with van der Waals surface area (Å²) in [6, 6.07) is 14.7. The first-order valence-corrected chi connectivity index (χ1v) is 8.93. The highest BCUT2D eigenvalue weighted by Gasteiger charge is 2.19. The number of nitrogens with two attached hydrogens (primary N) is 1. The lowest BCUT2D eigenvalue weighted by molar-refractivity contribution is -0.116. The van der Waals surface area contributed by atoms with Gasteiger partial charge in [0.1, 0.15) is 12.3 Å². The predicted molar refractivity (Wildman–Crippen MR) is 108 cm³/mol. The van der Waals surface area contributed by atoms with Crippen molar-refractivity contribution < 1.29 is 14.3 Å². The van der Waals surface area contributed by atoms with E-state index in [9.17, 15) is 9.59 Å². The Labute approximate surface area is 167 Å². The smallest absolute Gasteiger partial charge is 0.275 e. The Hall–Kier alpha value is -3.88. The van der Waals surface area contributed by atoms with Crippen molar-refractivity contribution in [2.75, 3.05) is 18.2 Å². The van der Waals surface area contributed by atoms with Crippen LogP contribution in [0.1, 0.15) is 21.6 Å². The molecule has 0 spiro atoms. The van der Waals surface area contributed by atoms with E-state index in [2.05, 4.69) is 20.9 Å². The summed E-state index contributed by atoms with van der Waals surface area (Å²) < 4.78 is 6.44. The molecule has 3 rings (SSSR count). The molecule has 0 fully saturated rings. The second kappa shape index (κ2) is 8.87. The lowest BCUT2D eigenvalue weighted by Crippen LogP contribution is -2.25. The summed E-state index contributed by atoms with van der Waals surface area (Å²) in [5.41, 5.74) is 8.44. The number of rotatable bonds is 7. The standard InChI is InChI=1S/C20H22N6O3/c1-13-6-5-8-15(10-13)23-17(27)12-26-19(21)18(24-25-26)20(28)22-11-14-7-3-4-9-16(14)29-2/h3-10H,11-12,21H2,1-2H3,(H,22,28)(H,23,27). The summed E-state index contributed by atoms with van der Waals surface area (Å²) in [5, 5.41) is 13.1. The van der Waals surface area contributed by atoms with Crippen LogP contribution in [0.5, 0.6) is 5.75 Å². The van der Waals surface area contributed by atoms with E-state index < -0.39 is 5.91 Å². The molecule has 29 heavy (non-hydrogen) atoms. The van der Waals surface area contributed by atoms with Gasteiger partial charge >= 0.3 is 0 Å². The maximum Gasteiger partial charge on any atom is 0.275 e. The number of para-hydroxylation sites is 1. The van der Waals surface area contributed by atoms with E-state index in [0.717, 1.165) is 11.1 Å². The van der Waals surface area contributed by atoms with Gasteiger partial charge in [-0.25, -0.2) is 4.68 Å². The zero-order valence-electron chi connectivity index (χ0n) is 16.2. The SMILES string of the molecule is COc1ccccc1CNC(=O)c1nnn(CC(=O)Nc2cccc(C)c2)c1N. The topological polar surface area (TPSA) is 124 Å². The van der Waals surface area contributed by atoms with E-state index in [0.29, 0.717) is 11.4 Å². The second-order valence-electron chi connectivity index (χ2n) is 6.39. The molecule has 9 heteroatoms. The van der Waals surface area contributed by atoms with Crippen molar-refractivity contribution in [3.8, 4) is 5.75 Å². The van der Waals surface area contributed by atoms with Crippen LogP contribution in [0.25, 0.3) is 0 Å². The third-order valence-corrected chi connectivity index (χ3v) is 4.22. The van der Waals surface area contributed by atoms with E-state index in [1.54, 1.807) is 19.2 Å². The van der Waals surface area contributed by atoms with Gasteiger partial charge in [0.25, 0.3) is 5.91 Å². The normalized spacial score (nSPS) is 10.4. The molecule has 0 saturated carbocycles. The number of methoxy groups -OCH3 is 1. The van der Waals surface area contributed by atoms with Crippen molar-refractivity contribution in [1.82, 2.24) is 20.3 Å². The zero-order chi connectivity index (χ0) is 20.8. The Bertz CT molecular complexity index is 1030. The lowest BCUT2D eigenvalue weighted by atomic mass is 10.2. The number of nitrogen functional groups attached to an aromatic ring is 1. The van der Waals surface area contributed by atoms with Gasteiger partial charge in [-0.2, -0.15) is 0 Å². The number of ether oxygens (including phenoxy) is 1. The van der Waals surface area contributed by atoms with Crippen LogP contribution < -0.4 is 21.1 Å². The van der Waals surface area contributed by atoms with Crippen molar-refractivity contribution in [2.45, 2.75) is 20.0 Å². The first-order valence-electron chi connectivity index (χ1n) is 8.93. The van der Waals surface area contributed by atoms with Crippen LogP contribution in [0.15, 0.2) is 48.5 Å². The molecule has 0 radical (unpaired) electrons. The third kappa shape index (κ3) is 4.89. The number of nitrogens with one attached hydrogen (secondary N) is 2. The molecule has 150 valence electrons. The molecular weight excluding hydrogens is 372 g/mol. The van der Waals surface area contributed by atoms with Crippen LogP contribution in [-0.4, -0.2) is 33.9 Å². The molecule has 1 aromatic heterocycles. The Kier molecular flexibility index (Phi) is 6.08. The third-order valence-electron chi connectivity index (χ3n) is 4.22. The Morgan fingerprint density at radius 2 is 1.97 bits per heavy atom. The fraction of sp³-hybridized carbons (Fsp3) is 0.200. The van der Waals surface area contributed by atoms with Gasteiger partial charge in [-0.15, -0.1) is 5.10 Å². The molecule has 0 unspecified atom stereocenters. The van der Waals surface area contributed by atoms with Crippen molar-refractivity contribution in [2.24, 2.45) is 0 Å². The van der Waals surface area contributed by atoms with Gasteiger partial charge in [0.2, 0.25) is 5.91 Å². The van der Waals surface area contributed by atoms with Crippen LogP contribution in [-0.2, 0) is 17.9 Å². The molecule has 0 atom stereocenters. The van der Waals surface area contributed by atoms with Gasteiger partial charge in [0, 0.05) is 17.8 Å². The average Bonchev–Trinajstić information content (AvgIpc) is 3.06. The number of anilines is 2. The number of hydrogen-bond acceptors (Lipinski definition) is 6. The molecular formula is C20H22N6O3. The van der Waals surface area contributed by atoms with Crippen molar-refractivity contribution in [3.63, 3.8) is 0 Å². The Balaban J connectivity index is 1.62. The maximum absolute atomic E-state index is 12.4. The molecule has 0 aliphatic rings. The van der Waals surface area contributed by atoms with Gasteiger partial charge < -0.3 is 21.1 Å². The van der Waals surface area contributed by atoms with Gasteiger partial charge in [-0.05, 0) is 30.7 Å². The van der Waals surface area contributed by atoms with Crippen LogP contribution in [0.4, 0.5) is 11.5 Å². The minimum atomic E-state index is -0.487. The van der Waals surface area contributed by atoms with E-state index in [1.165, 1.54) is 4.68 Å². The first-order chi connectivity index (χ1) is 14.0. The molecule has 1 heterocycles. The zero-order valence-corrected chi connectivity index (χ0v) is 16.2. The fourth-order valence-corrected chi connectivity index (χ4v) is 2.77. The van der Waals surface area contributed by atoms with E-state index in [4.69, 9.17) is 10.5 Å². The van der Waals surface area contributed by atoms with E-state index in [1.807, 2.05) is 43.3 Å². The van der Waals surface area contributed by atoms with Crippen LogP contribution in [0.2, 0.25) is 0 Å². The van der Waals surface area contributed by atoms with Gasteiger partial charge in [0.15, 0.2) is 11.5 Å². The highest BCUT2D eigenvalue weighted by Crippen LogP contribution is 2.17. The molecule has 3 aromatic rings. The molecule has 2 aromatic carbocycles. The van der Waals surface area contributed by atoms with Gasteiger partial charge in [0.05, 0.1) is 7.11 Å². The average molecular weight is 394 g/mol.